The number of aromatic hydroxyl groups is 1. The highest BCUT2D eigenvalue weighted by molar-refractivity contribution is 6.27. The van der Waals surface area contributed by atoms with Crippen molar-refractivity contribution >= 4 is 23.4 Å². The van der Waals surface area contributed by atoms with Gasteiger partial charge in [0.25, 0.3) is 5.91 Å². The van der Waals surface area contributed by atoms with Gasteiger partial charge in [-0.15, -0.1) is 0 Å². The molecule has 1 aliphatic carbocycles. The number of amides is 1. The van der Waals surface area contributed by atoms with E-state index in [1.165, 1.54) is 13.8 Å². The first-order valence-electron chi connectivity index (χ1n) is 8.35. The fourth-order valence-corrected chi connectivity index (χ4v) is 2.95. The molecule has 0 aliphatic heterocycles. The van der Waals surface area contributed by atoms with Crippen LogP contribution in [0.15, 0.2) is 11.6 Å². The summed E-state index contributed by atoms with van der Waals surface area (Å²) in [6, 6.07) is 1.10. The highest BCUT2D eigenvalue weighted by atomic mass is 19.1. The van der Waals surface area contributed by atoms with Crippen LogP contribution >= 0.6 is 0 Å². The van der Waals surface area contributed by atoms with Gasteiger partial charge in [-0.25, -0.2) is 4.39 Å². The smallest absolute Gasteiger partial charge is 0.325 e. The van der Waals surface area contributed by atoms with Gasteiger partial charge in [0.15, 0.2) is 17.3 Å². The lowest BCUT2D eigenvalue weighted by molar-refractivity contribution is -0.154. The third-order valence-electron chi connectivity index (χ3n) is 4.06. The lowest BCUT2D eigenvalue weighted by Gasteiger charge is -2.26. The largest absolute Gasteiger partial charge is 0.506 e. The monoisotopic (exact) mass is 379 g/mol. The second-order valence-electron chi connectivity index (χ2n) is 7.39. The summed E-state index contributed by atoms with van der Waals surface area (Å²) in [5, 5.41) is 22.3. The lowest BCUT2D eigenvalue weighted by atomic mass is 9.79. The molecule has 146 valence electrons. The summed E-state index contributed by atoms with van der Waals surface area (Å²) in [7, 11) is 0. The van der Waals surface area contributed by atoms with Gasteiger partial charge in [0.05, 0.1) is 0 Å². The van der Waals surface area contributed by atoms with Crippen LogP contribution in [0.3, 0.4) is 0 Å². The number of aliphatic hydroxyl groups is 1. The van der Waals surface area contributed by atoms with Crippen LogP contribution in [-0.4, -0.2) is 40.0 Å². The molecule has 1 unspecified atom stereocenters. The van der Waals surface area contributed by atoms with E-state index in [1.807, 2.05) is 0 Å². The zero-order chi connectivity index (χ0) is 20.7. The SMILES string of the molecule is Cc1cc(O)c(F)c2c1C(O)=C(C(=O)NCC(=O)OC(C)(C)C)C(=O)C2C. The quantitative estimate of drug-likeness (QED) is 0.548. The molecule has 1 amide bonds. The van der Waals surface area contributed by atoms with E-state index in [0.29, 0.717) is 5.56 Å². The molecular weight excluding hydrogens is 357 g/mol. The number of halogens is 1. The molecule has 8 heteroatoms. The summed E-state index contributed by atoms with van der Waals surface area (Å²) in [6.07, 6.45) is 0. The minimum Gasteiger partial charge on any atom is -0.506 e. The third kappa shape index (κ3) is 3.94. The van der Waals surface area contributed by atoms with Crippen LogP contribution in [0.25, 0.3) is 5.76 Å². The van der Waals surface area contributed by atoms with Gasteiger partial charge in [0.1, 0.15) is 23.5 Å². The van der Waals surface area contributed by atoms with Crippen LogP contribution in [0.5, 0.6) is 5.75 Å². The Morgan fingerprint density at radius 1 is 1.30 bits per heavy atom. The summed E-state index contributed by atoms with van der Waals surface area (Å²) in [4.78, 5) is 36.7. The molecule has 0 saturated carbocycles. The average Bonchev–Trinajstić information content (AvgIpc) is 2.52. The van der Waals surface area contributed by atoms with Crippen molar-refractivity contribution in [2.45, 2.75) is 46.1 Å². The molecule has 27 heavy (non-hydrogen) atoms. The molecule has 0 radical (unpaired) electrons. The summed E-state index contributed by atoms with van der Waals surface area (Å²) in [6.45, 7) is 7.37. The molecule has 3 N–H and O–H groups in total. The van der Waals surface area contributed by atoms with E-state index in [0.717, 1.165) is 6.07 Å². The topological polar surface area (TPSA) is 113 Å². The number of carbonyl (C=O) groups excluding carboxylic acids is 3. The van der Waals surface area contributed by atoms with E-state index < -0.39 is 58.6 Å². The zero-order valence-electron chi connectivity index (χ0n) is 15.8. The first-order chi connectivity index (χ1) is 12.3. The number of nitrogens with one attached hydrogen (secondary N) is 1. The third-order valence-corrected chi connectivity index (χ3v) is 4.06. The molecule has 0 fully saturated rings. The number of carbonyl (C=O) groups is 3. The van der Waals surface area contributed by atoms with Crippen LogP contribution in [0.1, 0.15) is 50.3 Å². The Hall–Kier alpha value is -2.90. The summed E-state index contributed by atoms with van der Waals surface area (Å²) < 4.78 is 19.4. The molecule has 0 bridgehead atoms. The lowest BCUT2D eigenvalue weighted by Crippen LogP contribution is -2.38. The highest BCUT2D eigenvalue weighted by Crippen LogP contribution is 2.41. The second-order valence-corrected chi connectivity index (χ2v) is 7.39. The van der Waals surface area contributed by atoms with E-state index in [4.69, 9.17) is 4.74 Å². The molecule has 0 spiro atoms. The Labute approximate surface area is 155 Å². The van der Waals surface area contributed by atoms with Crippen LogP contribution in [0, 0.1) is 12.7 Å². The number of phenolic OH excluding ortho intramolecular Hbond substituents is 1. The average molecular weight is 379 g/mol. The van der Waals surface area contributed by atoms with Gasteiger partial charge < -0.3 is 20.3 Å². The van der Waals surface area contributed by atoms with Crippen molar-refractivity contribution < 1.29 is 33.7 Å². The van der Waals surface area contributed by atoms with Gasteiger partial charge in [0.2, 0.25) is 0 Å². The molecule has 0 aromatic heterocycles. The number of rotatable bonds is 3. The fraction of sp³-hybridized carbons (Fsp3) is 0.421. The fourth-order valence-electron chi connectivity index (χ4n) is 2.95. The van der Waals surface area contributed by atoms with Crippen LogP contribution < -0.4 is 5.32 Å². The second kappa shape index (κ2) is 7.02. The predicted molar refractivity (Wildman–Crippen MR) is 94.6 cm³/mol. The maximum atomic E-state index is 14.3. The first-order valence-corrected chi connectivity index (χ1v) is 8.35. The number of aryl methyl sites for hydroxylation is 1. The van der Waals surface area contributed by atoms with Crippen molar-refractivity contribution in [3.8, 4) is 5.75 Å². The number of hydrogen-bond donors (Lipinski definition) is 3. The number of ether oxygens (including phenoxy) is 1. The van der Waals surface area contributed by atoms with Crippen molar-refractivity contribution in [3.63, 3.8) is 0 Å². The van der Waals surface area contributed by atoms with Crippen molar-refractivity contribution in [1.29, 1.82) is 0 Å². The zero-order valence-corrected chi connectivity index (χ0v) is 15.8. The summed E-state index contributed by atoms with van der Waals surface area (Å²) in [5.74, 6) is -5.93. The molecular formula is C19H22FNO6. The van der Waals surface area contributed by atoms with Crippen LogP contribution in [0.2, 0.25) is 0 Å². The molecule has 7 nitrogen and oxygen atoms in total. The van der Waals surface area contributed by atoms with E-state index >= 15 is 0 Å². The number of esters is 1. The number of ketones is 1. The van der Waals surface area contributed by atoms with Gasteiger partial charge >= 0.3 is 5.97 Å². The van der Waals surface area contributed by atoms with Crippen molar-refractivity contribution in [3.05, 3.63) is 34.1 Å². The number of fused-ring (bicyclic) bond motifs is 1. The molecule has 1 aliphatic rings. The predicted octanol–water partition coefficient (Wildman–Crippen LogP) is 2.25. The summed E-state index contributed by atoms with van der Waals surface area (Å²) in [5.41, 5.74) is -1.18. The normalized spacial score (nSPS) is 16.8. The van der Waals surface area contributed by atoms with Crippen LogP contribution in [0.4, 0.5) is 4.39 Å². The van der Waals surface area contributed by atoms with E-state index in [-0.39, 0.29) is 11.1 Å². The van der Waals surface area contributed by atoms with Gasteiger partial charge in [-0.2, -0.15) is 0 Å². The van der Waals surface area contributed by atoms with Gasteiger partial charge in [0, 0.05) is 17.0 Å². The molecule has 1 atom stereocenters. The van der Waals surface area contributed by atoms with Gasteiger partial charge in [-0.1, -0.05) is 6.92 Å². The number of Topliss-reactive ketones (excluding diaryl/α,β-unsaturated/α-hetero) is 1. The Balaban J connectivity index is 2.38. The Bertz CT molecular complexity index is 866. The number of phenols is 1. The Morgan fingerprint density at radius 2 is 1.89 bits per heavy atom. The Kier molecular flexibility index (Phi) is 5.30. The first kappa shape index (κ1) is 20.4. The highest BCUT2D eigenvalue weighted by Gasteiger charge is 2.39. The number of aliphatic hydroxyl groups excluding tert-OH is 1. The number of benzene rings is 1. The maximum Gasteiger partial charge on any atom is 0.325 e. The summed E-state index contributed by atoms with van der Waals surface area (Å²) >= 11 is 0. The molecule has 1 aromatic carbocycles. The Morgan fingerprint density at radius 3 is 2.44 bits per heavy atom. The number of hydrogen-bond acceptors (Lipinski definition) is 6. The van der Waals surface area contributed by atoms with E-state index in [1.54, 1.807) is 20.8 Å². The molecule has 1 aromatic rings. The minimum absolute atomic E-state index is 0.0141. The molecule has 0 heterocycles. The minimum atomic E-state index is -1.09. The van der Waals surface area contributed by atoms with Crippen molar-refractivity contribution in [2.24, 2.45) is 0 Å². The molecule has 2 rings (SSSR count). The van der Waals surface area contributed by atoms with Crippen LogP contribution in [-0.2, 0) is 19.1 Å². The van der Waals surface area contributed by atoms with Gasteiger partial charge in [-0.3, -0.25) is 14.4 Å². The molecule has 0 saturated heterocycles. The maximum absolute atomic E-state index is 14.3. The van der Waals surface area contributed by atoms with Crippen molar-refractivity contribution in [1.82, 2.24) is 5.32 Å². The van der Waals surface area contributed by atoms with E-state index in [2.05, 4.69) is 5.32 Å². The van der Waals surface area contributed by atoms with E-state index in [9.17, 15) is 29.0 Å². The van der Waals surface area contributed by atoms with Crippen molar-refractivity contribution in [2.75, 3.05) is 6.54 Å². The standard InChI is InChI=1S/C19H22FNO6/c1-8-6-10(22)15(20)13-9(2)16(24)14(17(25)12(8)13)18(26)21-7-11(23)27-19(3,4)5/h6,9,22,25H,7H2,1-5H3,(H,21,26). The van der Waals surface area contributed by atoms with Gasteiger partial charge in [-0.05, 0) is 39.3 Å².